The van der Waals surface area contributed by atoms with E-state index < -0.39 is 17.4 Å². The largest absolute Gasteiger partial charge is 0.480 e. The normalized spacial score (nSPS) is 19.9. The van der Waals surface area contributed by atoms with Crippen LogP contribution < -0.4 is 5.73 Å². The van der Waals surface area contributed by atoms with E-state index in [1.165, 1.54) is 0 Å². The fraction of sp³-hybridized carbons (Fsp3) is 0.600. The van der Waals surface area contributed by atoms with E-state index in [9.17, 15) is 4.79 Å². The molecule has 5 nitrogen and oxygen atoms in total. The minimum Gasteiger partial charge on any atom is -0.480 e. The summed E-state index contributed by atoms with van der Waals surface area (Å²) >= 11 is 0. The van der Waals surface area contributed by atoms with Crippen LogP contribution in [0.1, 0.15) is 29.9 Å². The molecule has 0 aromatic carbocycles. The summed E-state index contributed by atoms with van der Waals surface area (Å²) in [6.45, 7) is 3.62. The van der Waals surface area contributed by atoms with Crippen molar-refractivity contribution in [3.8, 4) is 0 Å². The highest BCUT2D eigenvalue weighted by atomic mass is 16.5. The van der Waals surface area contributed by atoms with Crippen LogP contribution in [0.4, 0.5) is 0 Å². The van der Waals surface area contributed by atoms with Gasteiger partial charge in [-0.1, -0.05) is 5.16 Å². The number of aliphatic carboxylic acids is 1. The number of carboxylic acids is 1. The molecule has 0 radical (unpaired) electrons. The predicted octanol–water partition coefficient (Wildman–Crippen LogP) is 0.735. The van der Waals surface area contributed by atoms with Gasteiger partial charge in [-0.2, -0.15) is 0 Å². The summed E-state index contributed by atoms with van der Waals surface area (Å²) in [6, 6.07) is -0.866. The molecule has 0 aliphatic heterocycles. The first-order valence-electron chi connectivity index (χ1n) is 4.91. The zero-order chi connectivity index (χ0) is 11.2. The quantitative estimate of drug-likeness (QED) is 0.767. The number of hydrogen-bond acceptors (Lipinski definition) is 4. The summed E-state index contributed by atoms with van der Waals surface area (Å²) in [4.78, 5) is 10.9. The number of carboxylic acid groups (broad SMARTS) is 1. The van der Waals surface area contributed by atoms with Crippen LogP contribution in [0.5, 0.6) is 0 Å². The van der Waals surface area contributed by atoms with Gasteiger partial charge < -0.3 is 15.4 Å². The minimum absolute atomic E-state index is 0.444. The average molecular weight is 210 g/mol. The number of carbonyl (C=O) groups is 1. The second-order valence-corrected chi connectivity index (χ2v) is 4.17. The van der Waals surface area contributed by atoms with Crippen molar-refractivity contribution in [3.63, 3.8) is 0 Å². The number of aromatic nitrogens is 1. The van der Waals surface area contributed by atoms with Crippen LogP contribution in [0.15, 0.2) is 4.52 Å². The third-order valence-corrected chi connectivity index (χ3v) is 3.18. The lowest BCUT2D eigenvalue weighted by molar-refractivity contribution is -0.139. The Labute approximate surface area is 87.2 Å². The Kier molecular flexibility index (Phi) is 2.08. The van der Waals surface area contributed by atoms with Crippen molar-refractivity contribution in [1.82, 2.24) is 5.16 Å². The smallest absolute Gasteiger partial charge is 0.321 e. The molecular weight excluding hydrogens is 196 g/mol. The summed E-state index contributed by atoms with van der Waals surface area (Å²) in [7, 11) is 0. The number of nitrogens with zero attached hydrogens (tertiary/aromatic N) is 1. The maximum absolute atomic E-state index is 10.9. The molecule has 0 spiro atoms. The second-order valence-electron chi connectivity index (χ2n) is 4.17. The highest BCUT2D eigenvalue weighted by molar-refractivity contribution is 5.77. The van der Waals surface area contributed by atoms with E-state index in [1.807, 2.05) is 6.92 Å². The molecule has 1 saturated carbocycles. The van der Waals surface area contributed by atoms with Crippen molar-refractivity contribution in [2.24, 2.45) is 5.73 Å². The first-order chi connectivity index (χ1) is 6.99. The van der Waals surface area contributed by atoms with Crippen molar-refractivity contribution >= 4 is 5.97 Å². The SMILES string of the molecule is Cc1noc(C)c1C1(C(N)C(=O)O)CC1. The van der Waals surface area contributed by atoms with Gasteiger partial charge in [0, 0.05) is 11.0 Å². The zero-order valence-electron chi connectivity index (χ0n) is 8.78. The summed E-state index contributed by atoms with van der Waals surface area (Å²) in [6.07, 6.45) is 1.59. The highest BCUT2D eigenvalue weighted by Crippen LogP contribution is 2.52. The lowest BCUT2D eigenvalue weighted by Crippen LogP contribution is -2.42. The Bertz CT molecular complexity index is 387. The highest BCUT2D eigenvalue weighted by Gasteiger charge is 2.55. The molecule has 1 heterocycles. The maximum Gasteiger partial charge on any atom is 0.321 e. The lowest BCUT2D eigenvalue weighted by Gasteiger charge is -2.19. The molecule has 1 unspecified atom stereocenters. The second kappa shape index (κ2) is 3.06. The van der Waals surface area contributed by atoms with Gasteiger partial charge in [0.1, 0.15) is 11.8 Å². The van der Waals surface area contributed by atoms with E-state index in [2.05, 4.69) is 5.16 Å². The van der Waals surface area contributed by atoms with Crippen molar-refractivity contribution in [2.45, 2.75) is 38.1 Å². The lowest BCUT2D eigenvalue weighted by atomic mass is 9.87. The summed E-state index contributed by atoms with van der Waals surface area (Å²) in [5.74, 6) is -0.283. The maximum atomic E-state index is 10.9. The molecule has 5 heteroatoms. The number of hydrogen-bond donors (Lipinski definition) is 2. The average Bonchev–Trinajstić information content (AvgIpc) is 2.89. The van der Waals surface area contributed by atoms with Gasteiger partial charge in [0.05, 0.1) is 5.69 Å². The van der Waals surface area contributed by atoms with Gasteiger partial charge in [-0.3, -0.25) is 4.79 Å². The first-order valence-corrected chi connectivity index (χ1v) is 4.91. The van der Waals surface area contributed by atoms with E-state index in [0.717, 1.165) is 24.1 Å². The van der Waals surface area contributed by atoms with Gasteiger partial charge in [0.2, 0.25) is 0 Å². The van der Waals surface area contributed by atoms with E-state index in [0.29, 0.717) is 5.76 Å². The van der Waals surface area contributed by atoms with Crippen LogP contribution in [0.2, 0.25) is 0 Å². The summed E-state index contributed by atoms with van der Waals surface area (Å²) < 4.78 is 5.05. The predicted molar refractivity (Wildman–Crippen MR) is 52.5 cm³/mol. The van der Waals surface area contributed by atoms with Crippen molar-refractivity contribution in [3.05, 3.63) is 17.0 Å². The fourth-order valence-electron chi connectivity index (χ4n) is 2.28. The minimum atomic E-state index is -0.965. The molecule has 82 valence electrons. The summed E-state index contributed by atoms with van der Waals surface area (Å²) in [5.41, 5.74) is 6.91. The van der Waals surface area contributed by atoms with Crippen molar-refractivity contribution < 1.29 is 14.4 Å². The van der Waals surface area contributed by atoms with Gasteiger partial charge >= 0.3 is 5.97 Å². The molecule has 0 amide bonds. The first kappa shape index (κ1) is 10.2. The van der Waals surface area contributed by atoms with Crippen LogP contribution in [-0.4, -0.2) is 22.3 Å². The standard InChI is InChI=1S/C10H14N2O3/c1-5-7(6(2)15-12-5)10(3-4-10)8(11)9(13)14/h8H,3-4,11H2,1-2H3,(H,13,14). The van der Waals surface area contributed by atoms with E-state index in [1.54, 1.807) is 6.92 Å². The Balaban J connectivity index is 2.43. The molecule has 1 aliphatic rings. The third-order valence-electron chi connectivity index (χ3n) is 3.18. The summed E-state index contributed by atoms with van der Waals surface area (Å²) in [5, 5.41) is 12.8. The molecule has 3 N–H and O–H groups in total. The molecule has 15 heavy (non-hydrogen) atoms. The Morgan fingerprint density at radius 3 is 2.53 bits per heavy atom. The molecule has 1 aromatic rings. The molecule has 2 rings (SSSR count). The van der Waals surface area contributed by atoms with E-state index >= 15 is 0 Å². The Hall–Kier alpha value is -1.36. The monoisotopic (exact) mass is 210 g/mol. The molecular formula is C10H14N2O3. The van der Waals surface area contributed by atoms with Crippen LogP contribution in [-0.2, 0) is 10.2 Å². The van der Waals surface area contributed by atoms with Gasteiger partial charge in [0.15, 0.2) is 0 Å². The van der Waals surface area contributed by atoms with Gasteiger partial charge in [-0.15, -0.1) is 0 Å². The van der Waals surface area contributed by atoms with Gasteiger partial charge in [-0.05, 0) is 26.7 Å². The molecule has 0 saturated heterocycles. The van der Waals surface area contributed by atoms with E-state index in [4.69, 9.17) is 15.4 Å². The van der Waals surface area contributed by atoms with Gasteiger partial charge in [0.25, 0.3) is 0 Å². The van der Waals surface area contributed by atoms with Crippen LogP contribution in [0.3, 0.4) is 0 Å². The molecule has 0 bridgehead atoms. The van der Waals surface area contributed by atoms with Crippen LogP contribution in [0, 0.1) is 13.8 Å². The number of nitrogens with two attached hydrogens (primary N) is 1. The Morgan fingerprint density at radius 2 is 2.20 bits per heavy atom. The van der Waals surface area contributed by atoms with E-state index in [-0.39, 0.29) is 0 Å². The zero-order valence-corrected chi connectivity index (χ0v) is 8.78. The van der Waals surface area contributed by atoms with Gasteiger partial charge in [-0.25, -0.2) is 0 Å². The molecule has 1 atom stereocenters. The van der Waals surface area contributed by atoms with Crippen LogP contribution in [0.25, 0.3) is 0 Å². The topological polar surface area (TPSA) is 89.4 Å². The molecule has 1 fully saturated rings. The van der Waals surface area contributed by atoms with Crippen molar-refractivity contribution in [1.29, 1.82) is 0 Å². The van der Waals surface area contributed by atoms with Crippen molar-refractivity contribution in [2.75, 3.05) is 0 Å². The fourth-order valence-corrected chi connectivity index (χ4v) is 2.28. The molecule has 1 aromatic heterocycles. The third kappa shape index (κ3) is 1.34. The molecule has 1 aliphatic carbocycles. The Morgan fingerprint density at radius 1 is 1.60 bits per heavy atom. The number of rotatable bonds is 3. The van der Waals surface area contributed by atoms with Crippen LogP contribution >= 0.6 is 0 Å². The number of aryl methyl sites for hydroxylation is 2.